The molecule has 6 nitrogen and oxygen atoms in total. The topological polar surface area (TPSA) is 70.6 Å². The lowest BCUT2D eigenvalue weighted by molar-refractivity contribution is -0.143. The molecule has 2 bridgehead atoms. The number of benzene rings is 2. The fourth-order valence-electron chi connectivity index (χ4n) is 6.81. The van der Waals surface area contributed by atoms with Crippen LogP contribution >= 0.6 is 0 Å². The van der Waals surface area contributed by atoms with Crippen LogP contribution in [0.25, 0.3) is 11.1 Å². The molecule has 0 saturated carbocycles. The van der Waals surface area contributed by atoms with Crippen LogP contribution in [0.5, 0.6) is 0 Å². The number of hydrogen-bond donors (Lipinski definition) is 0. The van der Waals surface area contributed by atoms with Crippen molar-refractivity contribution in [2.75, 3.05) is 23.1 Å². The number of nitrogens with zero attached hydrogens (tertiary/aromatic N) is 3. The molecule has 0 spiro atoms. The number of carbonyl (C=O) groups excluding carboxylic acids is 1. The Morgan fingerprint density at radius 2 is 1.40 bits per heavy atom. The zero-order valence-electron chi connectivity index (χ0n) is 26.3. The first-order valence-electron chi connectivity index (χ1n) is 14.9. The summed E-state index contributed by atoms with van der Waals surface area (Å²) in [5.74, 6) is -0.798. The number of alkyl halides is 6. The number of anilines is 2. The van der Waals surface area contributed by atoms with Gasteiger partial charge in [-0.05, 0) is 99.5 Å². The van der Waals surface area contributed by atoms with Gasteiger partial charge < -0.3 is 9.80 Å². The van der Waals surface area contributed by atoms with Gasteiger partial charge >= 0.3 is 12.4 Å². The molecule has 2 saturated heterocycles. The molecule has 3 aromatic rings. The molecule has 2 unspecified atom stereocenters. The second-order valence-corrected chi connectivity index (χ2v) is 15.3. The van der Waals surface area contributed by atoms with Crippen LogP contribution in [0, 0.1) is 12.7 Å². The largest absolute Gasteiger partial charge is 0.416 e. The summed E-state index contributed by atoms with van der Waals surface area (Å²) in [4.78, 5) is 21.9. The highest BCUT2D eigenvalue weighted by atomic mass is 32.2. The van der Waals surface area contributed by atoms with Crippen molar-refractivity contribution in [1.82, 2.24) is 4.98 Å². The Morgan fingerprint density at radius 3 is 1.89 bits per heavy atom. The summed E-state index contributed by atoms with van der Waals surface area (Å²) in [6.07, 6.45) is -5.19. The van der Waals surface area contributed by atoms with Gasteiger partial charge in [0.1, 0.15) is 21.5 Å². The Bertz CT molecular complexity index is 1780. The monoisotopic (exact) mass is 685 g/mol. The van der Waals surface area contributed by atoms with E-state index in [9.17, 15) is 43.9 Å². The molecule has 2 aliphatic heterocycles. The van der Waals surface area contributed by atoms with Crippen molar-refractivity contribution in [2.24, 2.45) is 0 Å². The van der Waals surface area contributed by atoms with Crippen LogP contribution < -0.4 is 9.80 Å². The molecule has 1 amide bonds. The van der Waals surface area contributed by atoms with Crippen LogP contribution in [0.15, 0.2) is 48.7 Å². The SMILES string of the molecule is Cc1cc(F)ccc1-c1cc(N2C3CCC2CC(S(C)(=O)=O)C3)ncc1N(C)C(=O)C(C)(C)c1cc(C(F)(F)F)cc(C(F)(F)F)c1. The van der Waals surface area contributed by atoms with Gasteiger partial charge in [0.05, 0.1) is 33.7 Å². The summed E-state index contributed by atoms with van der Waals surface area (Å²) in [5, 5.41) is -0.478. The van der Waals surface area contributed by atoms with E-state index in [-0.39, 0.29) is 23.8 Å². The Balaban J connectivity index is 1.59. The molecule has 0 aliphatic carbocycles. The molecular weight excluding hydrogens is 651 g/mol. The van der Waals surface area contributed by atoms with E-state index >= 15 is 0 Å². The average Bonchev–Trinajstić information content (AvgIpc) is 3.22. The second-order valence-electron chi connectivity index (χ2n) is 13.0. The molecule has 5 rings (SSSR count). The van der Waals surface area contributed by atoms with Crippen molar-refractivity contribution in [2.45, 2.75) is 81.6 Å². The van der Waals surface area contributed by atoms with E-state index in [1.807, 2.05) is 0 Å². The van der Waals surface area contributed by atoms with Gasteiger partial charge in [-0.2, -0.15) is 26.3 Å². The Labute approximate surface area is 268 Å². The highest BCUT2D eigenvalue weighted by Gasteiger charge is 2.45. The van der Waals surface area contributed by atoms with Gasteiger partial charge in [0.15, 0.2) is 0 Å². The third-order valence-corrected chi connectivity index (χ3v) is 11.0. The first kappa shape index (κ1) is 34.6. The molecule has 3 heterocycles. The van der Waals surface area contributed by atoms with E-state index in [0.717, 1.165) is 17.7 Å². The molecule has 0 N–H and O–H groups in total. The van der Waals surface area contributed by atoms with Gasteiger partial charge in [-0.1, -0.05) is 6.07 Å². The molecule has 2 aromatic carbocycles. The molecule has 0 radical (unpaired) electrons. The number of amides is 1. The highest BCUT2D eigenvalue weighted by Crippen LogP contribution is 2.44. The Morgan fingerprint density at radius 1 is 0.872 bits per heavy atom. The number of pyridine rings is 1. The van der Waals surface area contributed by atoms with Crippen molar-refractivity contribution in [3.8, 4) is 11.1 Å². The van der Waals surface area contributed by atoms with Crippen LogP contribution in [0.4, 0.5) is 42.2 Å². The van der Waals surface area contributed by atoms with E-state index in [4.69, 9.17) is 0 Å². The zero-order valence-corrected chi connectivity index (χ0v) is 27.1. The summed E-state index contributed by atoms with van der Waals surface area (Å²) >= 11 is 0. The third-order valence-electron chi connectivity index (χ3n) is 9.42. The van der Waals surface area contributed by atoms with Crippen LogP contribution in [-0.2, 0) is 32.4 Å². The van der Waals surface area contributed by atoms with Crippen LogP contribution in [0.1, 0.15) is 61.8 Å². The van der Waals surface area contributed by atoms with Gasteiger partial charge in [0.25, 0.3) is 0 Å². The van der Waals surface area contributed by atoms with Crippen LogP contribution in [-0.4, -0.2) is 49.9 Å². The number of aromatic nitrogens is 1. The van der Waals surface area contributed by atoms with Crippen LogP contribution in [0.2, 0.25) is 0 Å². The van der Waals surface area contributed by atoms with E-state index in [1.165, 1.54) is 51.5 Å². The highest BCUT2D eigenvalue weighted by molar-refractivity contribution is 7.91. The number of fused-ring (bicyclic) bond motifs is 2. The maximum Gasteiger partial charge on any atom is 0.416 e. The normalized spacial score (nSPS) is 20.4. The van der Waals surface area contributed by atoms with Gasteiger partial charge in [0, 0.05) is 31.0 Å². The minimum atomic E-state index is -5.09. The minimum Gasteiger partial charge on any atom is -0.351 e. The molecule has 47 heavy (non-hydrogen) atoms. The lowest BCUT2D eigenvalue weighted by atomic mass is 9.81. The summed E-state index contributed by atoms with van der Waals surface area (Å²) < 4.78 is 121. The summed E-state index contributed by atoms with van der Waals surface area (Å²) in [5.41, 5.74) is -3.74. The quantitative estimate of drug-likeness (QED) is 0.249. The van der Waals surface area contributed by atoms with Gasteiger partial charge in [-0.3, -0.25) is 4.79 Å². The fourth-order valence-corrected chi connectivity index (χ4v) is 7.95. The maximum absolute atomic E-state index is 14.1. The first-order valence-corrected chi connectivity index (χ1v) is 16.9. The van der Waals surface area contributed by atoms with Crippen molar-refractivity contribution in [3.05, 3.63) is 76.7 Å². The number of likely N-dealkylation sites (N-methyl/N-ethyl adjacent to an activating group) is 1. The minimum absolute atomic E-state index is 0.0116. The average molecular weight is 686 g/mol. The van der Waals surface area contributed by atoms with Gasteiger partial charge in [0.2, 0.25) is 5.91 Å². The lowest BCUT2D eigenvalue weighted by Gasteiger charge is -2.39. The van der Waals surface area contributed by atoms with E-state index < -0.39 is 61.3 Å². The van der Waals surface area contributed by atoms with Crippen molar-refractivity contribution >= 4 is 27.2 Å². The Hall–Kier alpha value is -3.68. The summed E-state index contributed by atoms with van der Waals surface area (Å²) in [6, 6.07) is 6.67. The van der Waals surface area contributed by atoms with Crippen molar-refractivity contribution in [3.63, 3.8) is 0 Å². The molecule has 2 atom stereocenters. The molecule has 254 valence electrons. The first-order chi connectivity index (χ1) is 21.6. The third kappa shape index (κ3) is 6.70. The number of sulfone groups is 1. The van der Waals surface area contributed by atoms with Crippen molar-refractivity contribution in [1.29, 1.82) is 0 Å². The molecule has 2 aliphatic rings. The van der Waals surface area contributed by atoms with E-state index in [0.29, 0.717) is 47.5 Å². The molecule has 2 fully saturated rings. The second kappa shape index (κ2) is 11.8. The molecule has 1 aromatic heterocycles. The fraction of sp³-hybridized carbons (Fsp3) is 0.455. The predicted molar refractivity (Wildman–Crippen MR) is 164 cm³/mol. The van der Waals surface area contributed by atoms with Crippen LogP contribution in [0.3, 0.4) is 0 Å². The maximum atomic E-state index is 14.1. The smallest absolute Gasteiger partial charge is 0.351 e. The van der Waals surface area contributed by atoms with Crippen molar-refractivity contribution < 1.29 is 43.9 Å². The zero-order chi connectivity index (χ0) is 34.9. The summed E-state index contributed by atoms with van der Waals surface area (Å²) in [7, 11) is -1.91. The standard InChI is InChI=1S/C33H34F7N3O3S/c1-18-10-22(34)6-9-26(18)27-16-29(43-23-7-8-24(43)15-25(14-23)47(5,45)46)41-17-28(27)42(4)30(44)31(2,3)19-11-20(32(35,36)37)13-21(12-19)33(38,39)40/h6,9-13,16-17,23-25H,7-8,14-15H2,1-5H3. The lowest BCUT2D eigenvalue weighted by Crippen LogP contribution is -2.47. The number of piperidine rings is 1. The van der Waals surface area contributed by atoms with E-state index in [1.54, 1.807) is 13.0 Å². The van der Waals surface area contributed by atoms with Gasteiger partial charge in [-0.25, -0.2) is 17.8 Å². The predicted octanol–water partition coefficient (Wildman–Crippen LogP) is 7.72. The van der Waals surface area contributed by atoms with Gasteiger partial charge in [-0.15, -0.1) is 0 Å². The number of aryl methyl sites for hydroxylation is 1. The molecular formula is C33H34F7N3O3S. The number of rotatable bonds is 6. The number of halogens is 7. The molecule has 14 heteroatoms. The summed E-state index contributed by atoms with van der Waals surface area (Å²) in [6.45, 7) is 4.15. The number of hydrogen-bond acceptors (Lipinski definition) is 5. The Kier molecular flexibility index (Phi) is 8.68. The van der Waals surface area contributed by atoms with E-state index in [2.05, 4.69) is 9.88 Å². The number of carbonyl (C=O) groups is 1.